The van der Waals surface area contributed by atoms with Crippen molar-refractivity contribution in [2.75, 3.05) is 69.8 Å². The molecule has 0 saturated carbocycles. The van der Waals surface area contributed by atoms with Crippen LogP contribution >= 0.6 is 23.2 Å². The third-order valence-corrected chi connectivity index (χ3v) is 8.58. The topological polar surface area (TPSA) is 160 Å². The summed E-state index contributed by atoms with van der Waals surface area (Å²) in [6.07, 6.45) is 2.43. The highest BCUT2D eigenvalue weighted by molar-refractivity contribution is 6.33. The van der Waals surface area contributed by atoms with Crippen LogP contribution < -0.4 is 9.80 Å². The molecule has 3 amide bonds. The van der Waals surface area contributed by atoms with Crippen LogP contribution in [0.4, 0.5) is 21.2 Å². The molecule has 2 N–H and O–H groups in total. The Hall–Kier alpha value is -3.88. The lowest BCUT2D eigenvalue weighted by Crippen LogP contribution is -2.59. The maximum atomic E-state index is 12.1. The Morgan fingerprint density at radius 2 is 1.43 bits per heavy atom. The lowest BCUT2D eigenvalue weighted by molar-refractivity contribution is -0.0757. The molecule has 258 valence electrons. The van der Waals surface area contributed by atoms with Crippen LogP contribution in [0.1, 0.15) is 61.3 Å². The molecule has 2 aromatic heterocycles. The number of hydrogen-bond donors (Lipinski definition) is 2. The lowest BCUT2D eigenvalue weighted by atomic mass is 9.84. The van der Waals surface area contributed by atoms with Crippen molar-refractivity contribution in [1.29, 1.82) is 0 Å². The summed E-state index contributed by atoms with van der Waals surface area (Å²) in [5, 5.41) is 20.3. The SMILES string of the molecule is CCCC(=O)c1cnc(N2CCN(C(=O)O)CC2)c(Cl)c1.CON(C)C(=O)c1cnc(N2CCN(C(=O)O)C(C(C)(C)C)C2)c(Cl)c1. The Labute approximate surface area is 284 Å². The van der Waals surface area contributed by atoms with Crippen molar-refractivity contribution >= 4 is 58.7 Å². The van der Waals surface area contributed by atoms with E-state index in [-0.39, 0.29) is 23.1 Å². The van der Waals surface area contributed by atoms with Crippen LogP contribution in [0.25, 0.3) is 0 Å². The van der Waals surface area contributed by atoms with Gasteiger partial charge in [0.25, 0.3) is 5.91 Å². The second-order valence-corrected chi connectivity index (χ2v) is 13.1. The number of aromatic nitrogens is 2. The van der Waals surface area contributed by atoms with Crippen LogP contribution in [0.3, 0.4) is 0 Å². The molecule has 2 aliphatic heterocycles. The van der Waals surface area contributed by atoms with Gasteiger partial charge >= 0.3 is 12.2 Å². The highest BCUT2D eigenvalue weighted by Crippen LogP contribution is 2.32. The number of anilines is 2. The van der Waals surface area contributed by atoms with Crippen LogP contribution in [0.15, 0.2) is 24.5 Å². The van der Waals surface area contributed by atoms with Gasteiger partial charge in [0.1, 0.15) is 11.6 Å². The fraction of sp³-hybridized carbons (Fsp3) is 0.548. The number of carboxylic acid groups (broad SMARTS) is 2. The molecule has 1 unspecified atom stereocenters. The molecular weight excluding hydrogens is 653 g/mol. The molecule has 4 rings (SSSR count). The molecule has 2 saturated heterocycles. The van der Waals surface area contributed by atoms with Gasteiger partial charge in [-0.25, -0.2) is 24.6 Å². The zero-order valence-corrected chi connectivity index (χ0v) is 29.1. The summed E-state index contributed by atoms with van der Waals surface area (Å²) in [5.74, 6) is 0.836. The van der Waals surface area contributed by atoms with E-state index in [2.05, 4.69) is 9.97 Å². The van der Waals surface area contributed by atoms with Gasteiger partial charge in [0.15, 0.2) is 5.78 Å². The Morgan fingerprint density at radius 3 is 1.91 bits per heavy atom. The minimum absolute atomic E-state index is 0.0362. The quantitative estimate of drug-likeness (QED) is 0.293. The van der Waals surface area contributed by atoms with Gasteiger partial charge in [-0.3, -0.25) is 14.4 Å². The first-order chi connectivity index (χ1) is 22.1. The Balaban J connectivity index is 0.000000261. The minimum Gasteiger partial charge on any atom is -0.465 e. The van der Waals surface area contributed by atoms with E-state index in [1.54, 1.807) is 18.3 Å². The minimum atomic E-state index is -0.924. The summed E-state index contributed by atoms with van der Waals surface area (Å²) in [7, 11) is 2.90. The smallest absolute Gasteiger partial charge is 0.407 e. The number of hydroxylamine groups is 2. The largest absolute Gasteiger partial charge is 0.465 e. The van der Waals surface area contributed by atoms with E-state index in [1.165, 1.54) is 30.2 Å². The highest BCUT2D eigenvalue weighted by Gasteiger charge is 2.39. The van der Waals surface area contributed by atoms with Crippen LogP contribution in [0, 0.1) is 5.41 Å². The molecule has 2 aromatic rings. The van der Waals surface area contributed by atoms with Gasteiger partial charge in [0.05, 0.1) is 28.8 Å². The fourth-order valence-electron chi connectivity index (χ4n) is 5.29. The van der Waals surface area contributed by atoms with E-state index in [0.717, 1.165) is 11.5 Å². The number of hydrogen-bond acceptors (Lipinski definition) is 9. The van der Waals surface area contributed by atoms with E-state index >= 15 is 0 Å². The summed E-state index contributed by atoms with van der Waals surface area (Å²) in [6, 6.07) is 3.00. The zero-order valence-electron chi connectivity index (χ0n) is 27.6. The molecule has 47 heavy (non-hydrogen) atoms. The number of pyridine rings is 2. The van der Waals surface area contributed by atoms with E-state index in [0.29, 0.717) is 85.0 Å². The summed E-state index contributed by atoms with van der Waals surface area (Å²) < 4.78 is 0. The molecule has 4 heterocycles. The maximum absolute atomic E-state index is 12.1. The van der Waals surface area contributed by atoms with Crippen LogP contribution in [0.2, 0.25) is 10.0 Å². The number of amides is 3. The van der Waals surface area contributed by atoms with Crippen molar-refractivity contribution in [1.82, 2.24) is 24.8 Å². The second-order valence-electron chi connectivity index (χ2n) is 12.3. The zero-order chi connectivity index (χ0) is 35.1. The molecule has 2 fully saturated rings. The van der Waals surface area contributed by atoms with Gasteiger partial charge in [-0.2, -0.15) is 0 Å². The van der Waals surface area contributed by atoms with Gasteiger partial charge < -0.3 is 29.8 Å². The molecule has 14 nitrogen and oxygen atoms in total. The predicted molar refractivity (Wildman–Crippen MR) is 179 cm³/mol. The van der Waals surface area contributed by atoms with E-state index in [1.807, 2.05) is 37.5 Å². The van der Waals surface area contributed by atoms with Crippen molar-refractivity contribution in [2.24, 2.45) is 5.41 Å². The summed E-state index contributed by atoms with van der Waals surface area (Å²) >= 11 is 12.6. The number of ketones is 1. The number of Topliss-reactive ketones (excluding diaryl/α,β-unsaturated/α-hetero) is 1. The van der Waals surface area contributed by atoms with Crippen molar-refractivity contribution in [3.05, 3.63) is 45.7 Å². The molecule has 0 spiro atoms. The van der Waals surface area contributed by atoms with E-state index in [4.69, 9.17) is 33.1 Å². The Kier molecular flexibility index (Phi) is 13.0. The van der Waals surface area contributed by atoms with Crippen molar-refractivity contribution < 1.29 is 34.2 Å². The number of carbonyl (C=O) groups excluding carboxylic acids is 2. The second kappa shape index (κ2) is 16.3. The summed E-state index contributed by atoms with van der Waals surface area (Å²) in [5.41, 5.74) is 0.607. The highest BCUT2D eigenvalue weighted by atomic mass is 35.5. The van der Waals surface area contributed by atoms with Crippen molar-refractivity contribution in [2.45, 2.75) is 46.6 Å². The predicted octanol–water partition coefficient (Wildman–Crippen LogP) is 5.10. The first-order valence-electron chi connectivity index (χ1n) is 15.2. The number of halogens is 2. The number of rotatable bonds is 7. The molecule has 0 bridgehead atoms. The monoisotopic (exact) mass is 695 g/mol. The Morgan fingerprint density at radius 1 is 0.894 bits per heavy atom. The first kappa shape index (κ1) is 37.6. The van der Waals surface area contributed by atoms with Crippen molar-refractivity contribution in [3.8, 4) is 0 Å². The molecule has 0 aromatic carbocycles. The van der Waals surface area contributed by atoms with Crippen LogP contribution in [0.5, 0.6) is 0 Å². The third kappa shape index (κ3) is 9.58. The van der Waals surface area contributed by atoms with Crippen LogP contribution in [-0.2, 0) is 4.84 Å². The van der Waals surface area contributed by atoms with Crippen LogP contribution in [-0.4, -0.2) is 125 Å². The van der Waals surface area contributed by atoms with Gasteiger partial charge in [-0.05, 0) is 24.0 Å². The first-order valence-corrected chi connectivity index (χ1v) is 16.0. The molecule has 1 atom stereocenters. The molecular formula is C31H43Cl2N7O7. The van der Waals surface area contributed by atoms with Gasteiger partial charge in [0.2, 0.25) is 0 Å². The van der Waals surface area contributed by atoms with Gasteiger partial charge in [-0.1, -0.05) is 50.9 Å². The maximum Gasteiger partial charge on any atom is 0.407 e. The fourth-order valence-corrected chi connectivity index (χ4v) is 5.86. The number of carbonyl (C=O) groups is 4. The normalized spacial score (nSPS) is 16.7. The standard InChI is InChI=1S/C17H25ClN4O4.C14H18ClN3O3/c1-17(2,3)13-10-21(6-7-22(13)16(24)25)14-12(18)8-11(9-19-14)15(23)20(4)26-5;1-2-3-12(19)10-8-11(15)13(16-9-10)17-4-6-18(7-5-17)14(20)21/h8-9,13H,6-7,10H2,1-5H3,(H,24,25);8-9H,2-7H2,1H3,(H,20,21). The average Bonchev–Trinajstić information content (AvgIpc) is 3.03. The lowest BCUT2D eigenvalue weighted by Gasteiger charge is -2.46. The molecule has 0 aliphatic carbocycles. The summed E-state index contributed by atoms with van der Waals surface area (Å²) in [4.78, 5) is 66.6. The Bertz CT molecular complexity index is 1450. The average molecular weight is 697 g/mol. The number of nitrogens with zero attached hydrogens (tertiary/aromatic N) is 7. The van der Waals surface area contributed by atoms with E-state index in [9.17, 15) is 24.3 Å². The molecule has 16 heteroatoms. The number of piperazine rings is 2. The summed E-state index contributed by atoms with van der Waals surface area (Å²) in [6.45, 7) is 11.2. The van der Waals surface area contributed by atoms with Crippen molar-refractivity contribution in [3.63, 3.8) is 0 Å². The van der Waals surface area contributed by atoms with Gasteiger partial charge in [-0.15, -0.1) is 0 Å². The molecule has 2 aliphatic rings. The molecule has 0 radical (unpaired) electrons. The third-order valence-electron chi connectivity index (χ3n) is 8.02. The van der Waals surface area contributed by atoms with Gasteiger partial charge in [0, 0.05) is 77.2 Å². The van der Waals surface area contributed by atoms with E-state index < -0.39 is 12.2 Å².